The number of benzene rings is 3. The molecule has 0 aromatic heterocycles. The zero-order chi connectivity index (χ0) is 31.0. The van der Waals surface area contributed by atoms with Gasteiger partial charge in [0.1, 0.15) is 29.2 Å². The lowest BCUT2D eigenvalue weighted by Crippen LogP contribution is -2.54. The molecule has 0 bridgehead atoms. The number of hydrogen-bond acceptors (Lipinski definition) is 8. The second kappa shape index (κ2) is 14.1. The van der Waals surface area contributed by atoms with Gasteiger partial charge in [0.25, 0.3) is 5.91 Å². The Bertz CT molecular complexity index is 1470. The summed E-state index contributed by atoms with van der Waals surface area (Å²) < 4.78 is 11.9. The van der Waals surface area contributed by atoms with Crippen LogP contribution in [0.5, 0.6) is 5.75 Å². The van der Waals surface area contributed by atoms with Gasteiger partial charge in [0, 0.05) is 11.1 Å². The zero-order valence-corrected chi connectivity index (χ0v) is 25.0. The minimum Gasteiger partial charge on any atom is -0.483 e. The van der Waals surface area contributed by atoms with E-state index < -0.39 is 29.2 Å². The third kappa shape index (κ3) is 8.04. The summed E-state index contributed by atoms with van der Waals surface area (Å²) in [5, 5.41) is 5.32. The first kappa shape index (κ1) is 31.4. The molecule has 0 aliphatic carbocycles. The van der Waals surface area contributed by atoms with Crippen molar-refractivity contribution in [3.8, 4) is 5.75 Å². The molecule has 4 rings (SSSR count). The van der Waals surface area contributed by atoms with Crippen molar-refractivity contribution in [3.63, 3.8) is 0 Å². The predicted octanol–water partition coefficient (Wildman–Crippen LogP) is 4.03. The number of hydrogen-bond donors (Lipinski definition) is 2. The van der Waals surface area contributed by atoms with Gasteiger partial charge in [-0.1, -0.05) is 66.7 Å². The van der Waals surface area contributed by atoms with Gasteiger partial charge in [-0.05, 0) is 37.8 Å². The van der Waals surface area contributed by atoms with E-state index in [-0.39, 0.29) is 24.8 Å². The van der Waals surface area contributed by atoms with E-state index in [1.165, 1.54) is 16.7 Å². The van der Waals surface area contributed by atoms with E-state index in [4.69, 9.17) is 15.2 Å². The highest BCUT2D eigenvalue weighted by atomic mass is 32.2. The molecule has 0 radical (unpaired) electrons. The van der Waals surface area contributed by atoms with Crippen molar-refractivity contribution < 1.29 is 28.7 Å². The highest BCUT2D eigenvalue weighted by Crippen LogP contribution is 2.42. The first-order chi connectivity index (χ1) is 20.6. The number of primary amides is 1. The molecule has 12 heteroatoms. The van der Waals surface area contributed by atoms with Gasteiger partial charge in [0.2, 0.25) is 12.3 Å². The molecular weight excluding hydrogens is 570 g/mol. The fourth-order valence-corrected chi connectivity index (χ4v) is 6.24. The molecule has 4 amide bonds. The Balaban J connectivity index is 1.62. The number of rotatable bonds is 11. The molecule has 11 nitrogen and oxygen atoms in total. The minimum atomic E-state index is -1.07. The minimum absolute atomic E-state index is 0.00215. The molecule has 3 aromatic rings. The van der Waals surface area contributed by atoms with Gasteiger partial charge in [0.05, 0.1) is 12.5 Å². The lowest BCUT2D eigenvalue weighted by atomic mass is 10.1. The van der Waals surface area contributed by atoms with Crippen molar-refractivity contribution in [2.24, 2.45) is 10.8 Å². The van der Waals surface area contributed by atoms with E-state index in [0.29, 0.717) is 24.2 Å². The van der Waals surface area contributed by atoms with Crippen molar-refractivity contribution in [1.82, 2.24) is 15.2 Å². The summed E-state index contributed by atoms with van der Waals surface area (Å²) in [6.07, 6.45) is 0.188. The Morgan fingerprint density at radius 3 is 2.47 bits per heavy atom. The number of thioether (sulfide) groups is 1. The maximum atomic E-state index is 13.9. The highest BCUT2D eigenvalue weighted by Gasteiger charge is 2.43. The molecule has 1 aliphatic rings. The van der Waals surface area contributed by atoms with Gasteiger partial charge >= 0.3 is 6.03 Å². The van der Waals surface area contributed by atoms with E-state index >= 15 is 0 Å². The van der Waals surface area contributed by atoms with Gasteiger partial charge in [-0.3, -0.25) is 9.59 Å². The van der Waals surface area contributed by atoms with Crippen LogP contribution in [-0.4, -0.2) is 70.5 Å². The molecule has 43 heavy (non-hydrogen) atoms. The van der Waals surface area contributed by atoms with E-state index in [9.17, 15) is 19.2 Å². The summed E-state index contributed by atoms with van der Waals surface area (Å²) in [5.41, 5.74) is 7.43. The van der Waals surface area contributed by atoms with Crippen LogP contribution in [0, 0.1) is 0 Å². The summed E-state index contributed by atoms with van der Waals surface area (Å²) in [6, 6.07) is 20.8. The number of aldehydes is 1. The number of nitrogens with two attached hydrogens (primary N) is 1. The first-order valence-corrected chi connectivity index (χ1v) is 14.7. The van der Waals surface area contributed by atoms with Gasteiger partial charge in [-0.2, -0.15) is 0 Å². The molecule has 1 heterocycles. The van der Waals surface area contributed by atoms with Crippen LogP contribution in [-0.2, 0) is 19.1 Å². The summed E-state index contributed by atoms with van der Waals surface area (Å²) in [6.45, 7) is 5.03. The molecule has 0 spiro atoms. The van der Waals surface area contributed by atoms with Crippen LogP contribution in [0.1, 0.15) is 38.1 Å². The van der Waals surface area contributed by atoms with Gasteiger partial charge in [0.15, 0.2) is 6.61 Å². The molecule has 1 saturated heterocycles. The Morgan fingerprint density at radius 2 is 1.79 bits per heavy atom. The lowest BCUT2D eigenvalue weighted by Gasteiger charge is -2.37. The number of hydrazone groups is 1. The average Bonchev–Trinajstić information content (AvgIpc) is 3.43. The monoisotopic (exact) mass is 605 g/mol. The van der Waals surface area contributed by atoms with Crippen LogP contribution in [0.25, 0.3) is 10.8 Å². The molecular formula is C31H35N5O6S. The Kier molecular flexibility index (Phi) is 10.3. The number of nitrogens with zero attached hydrogens (tertiary/aromatic N) is 3. The van der Waals surface area contributed by atoms with E-state index in [1.54, 1.807) is 31.7 Å². The van der Waals surface area contributed by atoms with E-state index in [2.05, 4.69) is 10.5 Å². The van der Waals surface area contributed by atoms with E-state index in [1.807, 2.05) is 66.7 Å². The van der Waals surface area contributed by atoms with Crippen molar-refractivity contribution in [3.05, 3.63) is 78.4 Å². The fourth-order valence-electron chi connectivity index (χ4n) is 4.78. The molecule has 1 unspecified atom stereocenters. The number of nitrogens with one attached hydrogen (secondary N) is 1. The van der Waals surface area contributed by atoms with Gasteiger partial charge in [-0.25, -0.2) is 10.2 Å². The van der Waals surface area contributed by atoms with Crippen molar-refractivity contribution in [1.29, 1.82) is 0 Å². The first-order valence-electron chi connectivity index (χ1n) is 13.7. The molecule has 3 N–H and O–H groups in total. The largest absolute Gasteiger partial charge is 0.483 e. The number of fused-ring (bicyclic) bond motifs is 1. The Hall–Kier alpha value is -4.58. The third-order valence-electron chi connectivity index (χ3n) is 6.55. The maximum Gasteiger partial charge on any atom is 0.332 e. The van der Waals surface area contributed by atoms with Crippen LogP contribution >= 0.6 is 11.8 Å². The van der Waals surface area contributed by atoms with Gasteiger partial charge < -0.3 is 29.8 Å². The lowest BCUT2D eigenvalue weighted by molar-refractivity contribution is -0.145. The number of carbonyl (C=O) groups excluding carboxylic acids is 4. The van der Waals surface area contributed by atoms with E-state index in [0.717, 1.165) is 16.3 Å². The summed E-state index contributed by atoms with van der Waals surface area (Å²) in [5.74, 6) is 0.543. The Labute approximate surface area is 254 Å². The maximum absolute atomic E-state index is 13.9. The molecule has 3 aromatic carbocycles. The van der Waals surface area contributed by atoms with Crippen molar-refractivity contribution in [2.45, 2.75) is 50.4 Å². The van der Waals surface area contributed by atoms with Crippen LogP contribution in [0.2, 0.25) is 0 Å². The molecule has 1 fully saturated rings. The second-order valence-electron chi connectivity index (χ2n) is 10.8. The summed E-state index contributed by atoms with van der Waals surface area (Å²) in [4.78, 5) is 53.1. The molecule has 226 valence electrons. The molecule has 3 atom stereocenters. The third-order valence-corrected chi connectivity index (χ3v) is 7.86. The molecule has 0 saturated carbocycles. The van der Waals surface area contributed by atoms with Crippen molar-refractivity contribution >= 4 is 53.1 Å². The Morgan fingerprint density at radius 1 is 1.09 bits per heavy atom. The molecule has 1 aliphatic heterocycles. The summed E-state index contributed by atoms with van der Waals surface area (Å²) in [7, 11) is 0. The van der Waals surface area contributed by atoms with Gasteiger partial charge in [-0.15, -0.1) is 16.9 Å². The number of amides is 4. The number of ether oxygens (including phenoxy) is 2. The van der Waals surface area contributed by atoms with Crippen LogP contribution in [0.3, 0.4) is 0 Å². The topological polar surface area (TPSA) is 144 Å². The quantitative estimate of drug-likeness (QED) is 0.145. The average molecular weight is 606 g/mol. The summed E-state index contributed by atoms with van der Waals surface area (Å²) >= 11 is 1.48. The zero-order valence-electron chi connectivity index (χ0n) is 24.2. The fraction of sp³-hybridized carbons (Fsp3) is 0.323. The van der Waals surface area contributed by atoms with Crippen LogP contribution in [0.4, 0.5) is 4.79 Å². The normalized spacial score (nSPS) is 17.7. The SMILES string of the molecule is CC(C)(C)OC(C[C@@H](C=O)N(C=O)[C@H]1CSC(c2ccccc2)N1C(=O)COc1cccc2ccccc12)=NNC(N)=O. The highest BCUT2D eigenvalue weighted by molar-refractivity contribution is 7.99. The van der Waals surface area contributed by atoms with Crippen molar-refractivity contribution in [2.75, 3.05) is 12.4 Å². The van der Waals surface area contributed by atoms with Crippen LogP contribution < -0.4 is 15.9 Å². The number of urea groups is 1. The second-order valence-corrected chi connectivity index (χ2v) is 11.9. The standard InChI is InChI=1S/C31H35N5O6S/c1-31(2,3)42-26(33-34-30(32)40)16-23(17-37)35(20-38)27-19-43-29(22-11-5-4-6-12-22)36(27)28(39)18-41-25-15-9-13-21-10-7-8-14-24(21)25/h4-15,17,20,23,27,29H,16,18-19H2,1-3H3,(H3,32,34,40)/t23-,27+,29?/m0/s1. The van der Waals surface area contributed by atoms with Crippen LogP contribution in [0.15, 0.2) is 77.9 Å². The number of carbonyl (C=O) groups is 4. The smallest absolute Gasteiger partial charge is 0.332 e. The predicted molar refractivity (Wildman–Crippen MR) is 165 cm³/mol.